The average molecular weight is 681 g/mol. The van der Waals surface area contributed by atoms with Crippen molar-refractivity contribution in [2.24, 2.45) is 0 Å². The summed E-state index contributed by atoms with van der Waals surface area (Å²) in [5.41, 5.74) is 2.29. The van der Waals surface area contributed by atoms with Crippen molar-refractivity contribution >= 4 is 39.0 Å². The molecule has 2 bridgehead atoms. The summed E-state index contributed by atoms with van der Waals surface area (Å²) in [6.45, 7) is 5.48. The minimum Gasteiger partial charge on any atom is -0.508 e. The number of hydrogen-bond donors (Lipinski definition) is 2. The van der Waals surface area contributed by atoms with Crippen LogP contribution >= 0.6 is 0 Å². The van der Waals surface area contributed by atoms with Gasteiger partial charge in [0.2, 0.25) is 5.91 Å². The van der Waals surface area contributed by atoms with Gasteiger partial charge in [0.05, 0.1) is 5.54 Å². The Hall–Kier alpha value is -4.35. The lowest BCUT2D eigenvalue weighted by Crippen LogP contribution is -2.51. The number of alkyl halides is 1. The first-order valence-electron chi connectivity index (χ1n) is 18.0. The van der Waals surface area contributed by atoms with Crippen LogP contribution < -0.4 is 15.0 Å². The number of aromatic hydroxyl groups is 1. The molecule has 4 atom stereocenters. The topological polar surface area (TPSA) is 94.1 Å². The SMILES string of the molecule is CC(=O)N1CC=C(c2cc3c(N4C[C@H]5CC[C@@H](C4)N5)nc(OC[C@@]45CCCN4C[C@H](F)C5)nc3c(F)c2-c2cc(O)cc3ccccc23)CC1. The Kier molecular flexibility index (Phi) is 7.69. The summed E-state index contributed by atoms with van der Waals surface area (Å²) in [6, 6.07) is 13.7. The number of nitrogens with zero attached hydrogens (tertiary/aromatic N) is 5. The van der Waals surface area contributed by atoms with Crippen molar-refractivity contribution in [3.63, 3.8) is 0 Å². The summed E-state index contributed by atoms with van der Waals surface area (Å²) in [6.07, 6.45) is 6.06. The van der Waals surface area contributed by atoms with Gasteiger partial charge in [0.1, 0.15) is 29.9 Å². The molecule has 6 heterocycles. The number of carbonyl (C=O) groups excluding carboxylic acids is 1. The van der Waals surface area contributed by atoms with Crippen LogP contribution in [0.4, 0.5) is 14.6 Å². The van der Waals surface area contributed by atoms with Gasteiger partial charge in [0, 0.05) is 69.1 Å². The lowest BCUT2D eigenvalue weighted by molar-refractivity contribution is -0.128. The zero-order valence-corrected chi connectivity index (χ0v) is 28.3. The summed E-state index contributed by atoms with van der Waals surface area (Å²) in [7, 11) is 0. The first-order valence-corrected chi connectivity index (χ1v) is 18.0. The molecule has 0 aliphatic carbocycles. The first kappa shape index (κ1) is 31.6. The lowest BCUT2D eigenvalue weighted by Gasteiger charge is -2.35. The zero-order valence-electron chi connectivity index (χ0n) is 28.3. The highest BCUT2D eigenvalue weighted by molar-refractivity contribution is 6.05. The Morgan fingerprint density at radius 2 is 1.88 bits per heavy atom. The quantitative estimate of drug-likeness (QED) is 0.263. The molecule has 5 aliphatic heterocycles. The maximum Gasteiger partial charge on any atom is 0.319 e. The van der Waals surface area contributed by atoms with E-state index in [-0.39, 0.29) is 29.8 Å². The Balaban J connectivity index is 1.24. The molecule has 2 N–H and O–H groups in total. The standard InChI is InChI=1S/C39H42F2N6O3/c1-23(48)45-13-9-24(10-14-45)31-17-33-36(35(41)34(31)32-16-29(49)15-25-5-2-3-6-30(25)32)43-38(44-37(33)46-20-27-7-8-28(21-46)42-27)50-22-39-11-4-12-47(39)19-26(40)18-39/h2-3,5-6,9,15-17,26-28,42,49H,4,7-8,10-14,18-22H2,1H3/t26-,27-,28+,39+/m1/s1. The predicted octanol–water partition coefficient (Wildman–Crippen LogP) is 5.83. The summed E-state index contributed by atoms with van der Waals surface area (Å²) in [4.78, 5) is 28.2. The Morgan fingerprint density at radius 1 is 1.06 bits per heavy atom. The highest BCUT2D eigenvalue weighted by atomic mass is 19.1. The fourth-order valence-corrected chi connectivity index (χ4v) is 9.33. The van der Waals surface area contributed by atoms with Crippen molar-refractivity contribution in [2.75, 3.05) is 50.8 Å². The van der Waals surface area contributed by atoms with Gasteiger partial charge in [0.25, 0.3) is 0 Å². The molecule has 11 heteroatoms. The lowest BCUT2D eigenvalue weighted by atomic mass is 9.87. The molecular formula is C39H42F2N6O3. The Bertz CT molecular complexity index is 2040. The van der Waals surface area contributed by atoms with Gasteiger partial charge in [0.15, 0.2) is 5.82 Å². The van der Waals surface area contributed by atoms with E-state index >= 15 is 4.39 Å². The summed E-state index contributed by atoms with van der Waals surface area (Å²) in [5.74, 6) is 0.158. The van der Waals surface area contributed by atoms with Crippen LogP contribution in [0, 0.1) is 5.82 Å². The van der Waals surface area contributed by atoms with Crippen LogP contribution in [-0.4, -0.2) is 100 Å². The average Bonchev–Trinajstić information content (AvgIpc) is 3.76. The van der Waals surface area contributed by atoms with Crippen molar-refractivity contribution < 1.29 is 23.4 Å². The van der Waals surface area contributed by atoms with E-state index in [9.17, 15) is 14.3 Å². The Labute approximate surface area is 289 Å². The zero-order chi connectivity index (χ0) is 34.1. The van der Waals surface area contributed by atoms with E-state index in [2.05, 4.69) is 15.1 Å². The molecule has 4 fully saturated rings. The number of benzene rings is 3. The number of piperazine rings is 1. The molecule has 3 aromatic carbocycles. The molecule has 0 saturated carbocycles. The second-order valence-electron chi connectivity index (χ2n) is 14.9. The van der Waals surface area contributed by atoms with Crippen LogP contribution in [0.1, 0.15) is 51.0 Å². The molecule has 5 aliphatic rings. The van der Waals surface area contributed by atoms with Crippen LogP contribution in [0.15, 0.2) is 48.5 Å². The monoisotopic (exact) mass is 680 g/mol. The van der Waals surface area contributed by atoms with E-state index in [0.717, 1.165) is 61.7 Å². The number of anilines is 1. The summed E-state index contributed by atoms with van der Waals surface area (Å²) in [5, 5.41) is 16.8. The molecule has 1 aromatic heterocycles. The smallest absolute Gasteiger partial charge is 0.319 e. The van der Waals surface area contributed by atoms with Crippen LogP contribution in [0.2, 0.25) is 0 Å². The summed E-state index contributed by atoms with van der Waals surface area (Å²) >= 11 is 0. The number of ether oxygens (including phenoxy) is 1. The van der Waals surface area contributed by atoms with Gasteiger partial charge in [-0.1, -0.05) is 30.3 Å². The van der Waals surface area contributed by atoms with Crippen LogP contribution in [-0.2, 0) is 4.79 Å². The molecule has 0 spiro atoms. The van der Waals surface area contributed by atoms with E-state index in [1.54, 1.807) is 24.0 Å². The van der Waals surface area contributed by atoms with Crippen LogP contribution in [0.3, 0.4) is 0 Å². The second-order valence-corrected chi connectivity index (χ2v) is 14.9. The number of aromatic nitrogens is 2. The second kappa shape index (κ2) is 12.2. The maximum atomic E-state index is 17.7. The van der Waals surface area contributed by atoms with Crippen molar-refractivity contribution in [2.45, 2.75) is 69.2 Å². The van der Waals surface area contributed by atoms with E-state index in [4.69, 9.17) is 14.7 Å². The highest BCUT2D eigenvalue weighted by Crippen LogP contribution is 2.45. The highest BCUT2D eigenvalue weighted by Gasteiger charge is 2.49. The minimum absolute atomic E-state index is 0.000601. The fourth-order valence-electron chi connectivity index (χ4n) is 9.33. The maximum absolute atomic E-state index is 17.7. The molecular weight excluding hydrogens is 638 g/mol. The number of rotatable bonds is 6. The largest absolute Gasteiger partial charge is 0.508 e. The number of halogens is 2. The Morgan fingerprint density at radius 3 is 2.66 bits per heavy atom. The predicted molar refractivity (Wildman–Crippen MR) is 190 cm³/mol. The van der Waals surface area contributed by atoms with E-state index in [1.165, 1.54) is 0 Å². The van der Waals surface area contributed by atoms with Gasteiger partial charge < -0.3 is 25.0 Å². The molecule has 50 heavy (non-hydrogen) atoms. The number of nitrogens with one attached hydrogen (secondary N) is 1. The number of hydrogen-bond acceptors (Lipinski definition) is 8. The van der Waals surface area contributed by atoms with Gasteiger partial charge in [-0.15, -0.1) is 0 Å². The first-order chi connectivity index (χ1) is 24.2. The normalized spacial score (nSPS) is 26.5. The van der Waals surface area contributed by atoms with Crippen molar-refractivity contribution in [3.05, 3.63) is 59.9 Å². The number of phenolic OH excluding ortho intramolecular Hbond substituents is 1. The van der Waals surface area contributed by atoms with Gasteiger partial charge >= 0.3 is 6.01 Å². The molecule has 0 unspecified atom stereocenters. The van der Waals surface area contributed by atoms with E-state index < -0.39 is 17.5 Å². The third-order valence-electron chi connectivity index (χ3n) is 11.8. The number of carbonyl (C=O) groups is 1. The third kappa shape index (κ3) is 5.37. The number of fused-ring (bicyclic) bond motifs is 5. The van der Waals surface area contributed by atoms with Gasteiger partial charge in [-0.05, 0) is 84.3 Å². The van der Waals surface area contributed by atoms with Crippen LogP contribution in [0.5, 0.6) is 11.8 Å². The molecule has 4 saturated heterocycles. The van der Waals surface area contributed by atoms with E-state index in [1.807, 2.05) is 36.4 Å². The third-order valence-corrected chi connectivity index (χ3v) is 11.8. The molecule has 4 aromatic rings. The fraction of sp³-hybridized carbons (Fsp3) is 0.462. The number of amides is 1. The molecule has 9 nitrogen and oxygen atoms in total. The molecule has 0 radical (unpaired) electrons. The molecule has 1 amide bonds. The summed E-state index contributed by atoms with van der Waals surface area (Å²) < 4.78 is 38.7. The molecule has 9 rings (SSSR count). The van der Waals surface area contributed by atoms with Gasteiger partial charge in [-0.25, -0.2) is 8.78 Å². The van der Waals surface area contributed by atoms with Crippen molar-refractivity contribution in [1.29, 1.82) is 0 Å². The van der Waals surface area contributed by atoms with Crippen LogP contribution in [0.25, 0.3) is 38.4 Å². The van der Waals surface area contributed by atoms with Crippen molar-refractivity contribution in [3.8, 4) is 22.9 Å². The number of phenols is 1. The van der Waals surface area contributed by atoms with E-state index in [0.29, 0.717) is 72.5 Å². The van der Waals surface area contributed by atoms with Gasteiger partial charge in [-0.3, -0.25) is 9.69 Å². The van der Waals surface area contributed by atoms with Gasteiger partial charge in [-0.2, -0.15) is 9.97 Å². The molecule has 260 valence electrons. The van der Waals surface area contributed by atoms with Crippen molar-refractivity contribution in [1.82, 2.24) is 25.1 Å². The minimum atomic E-state index is -0.893.